The molecule has 2 atom stereocenters. The monoisotopic (exact) mass is 282 g/mol. The summed E-state index contributed by atoms with van der Waals surface area (Å²) in [4.78, 5) is 13.7. The number of aliphatic carboxylic acids is 1. The topological polar surface area (TPSA) is 52.6 Å². The molecule has 2 N–H and O–H groups in total. The van der Waals surface area contributed by atoms with Crippen LogP contribution in [0.2, 0.25) is 0 Å². The highest BCUT2D eigenvalue weighted by atomic mass is 16.4. The molecule has 0 aromatic rings. The highest BCUT2D eigenvalue weighted by Gasteiger charge is 2.31. The summed E-state index contributed by atoms with van der Waals surface area (Å²) in [7, 11) is 0. The number of carbonyl (C=O) groups is 1. The van der Waals surface area contributed by atoms with Crippen LogP contribution in [0.5, 0.6) is 0 Å². The Bertz CT molecular complexity index is 334. The molecule has 1 aliphatic heterocycles. The third kappa shape index (κ3) is 4.74. The van der Waals surface area contributed by atoms with E-state index in [1.807, 2.05) is 0 Å². The van der Waals surface area contributed by atoms with Gasteiger partial charge in [-0.1, -0.05) is 20.8 Å². The van der Waals surface area contributed by atoms with Crippen molar-refractivity contribution in [2.45, 2.75) is 65.0 Å². The van der Waals surface area contributed by atoms with E-state index in [4.69, 9.17) is 0 Å². The Morgan fingerprint density at radius 3 is 2.50 bits per heavy atom. The molecule has 2 unspecified atom stereocenters. The van der Waals surface area contributed by atoms with Crippen molar-refractivity contribution >= 4 is 5.97 Å². The maximum atomic E-state index is 11.4. The van der Waals surface area contributed by atoms with Crippen molar-refractivity contribution in [1.29, 1.82) is 0 Å². The van der Waals surface area contributed by atoms with Gasteiger partial charge in [0.1, 0.15) is 6.04 Å². The lowest BCUT2D eigenvalue weighted by molar-refractivity contribution is -0.140. The number of likely N-dealkylation sites (tertiary alicyclic amines) is 1. The summed E-state index contributed by atoms with van der Waals surface area (Å²) in [5.74, 6) is 0.0562. The van der Waals surface area contributed by atoms with Gasteiger partial charge < -0.3 is 15.3 Å². The Morgan fingerprint density at radius 2 is 1.95 bits per heavy atom. The predicted octanol–water partition coefficient (Wildman–Crippen LogP) is 2.34. The van der Waals surface area contributed by atoms with Crippen LogP contribution in [0.4, 0.5) is 0 Å². The van der Waals surface area contributed by atoms with E-state index >= 15 is 0 Å². The van der Waals surface area contributed by atoms with Crippen molar-refractivity contribution in [3.63, 3.8) is 0 Å². The summed E-state index contributed by atoms with van der Waals surface area (Å²) in [6, 6.07) is 0.0547. The van der Waals surface area contributed by atoms with Gasteiger partial charge in [0.15, 0.2) is 0 Å². The van der Waals surface area contributed by atoms with Crippen molar-refractivity contribution < 1.29 is 9.90 Å². The lowest BCUT2D eigenvalue weighted by Crippen LogP contribution is -2.47. The van der Waals surface area contributed by atoms with Crippen LogP contribution in [0.3, 0.4) is 0 Å². The SMILES string of the molecule is CC(C)(C)C1CCCN(CC(NC2CC2)C(=O)O)CC1. The van der Waals surface area contributed by atoms with Crippen molar-refractivity contribution in [3.05, 3.63) is 0 Å². The molecular formula is C16H30N2O2. The summed E-state index contributed by atoms with van der Waals surface area (Å²) in [6.45, 7) is 9.70. The standard InChI is InChI=1S/C16H30N2O2/c1-16(2,3)12-5-4-9-18(10-8-12)11-14(15(19)20)17-13-6-7-13/h12-14,17H,4-11H2,1-3H3,(H,19,20). The number of hydrogen-bond donors (Lipinski definition) is 2. The van der Waals surface area contributed by atoms with E-state index in [9.17, 15) is 9.90 Å². The smallest absolute Gasteiger partial charge is 0.322 e. The van der Waals surface area contributed by atoms with Gasteiger partial charge in [-0.05, 0) is 56.5 Å². The first-order chi connectivity index (χ1) is 9.36. The second-order valence-electron chi connectivity index (χ2n) is 7.63. The van der Waals surface area contributed by atoms with Crippen LogP contribution in [0.25, 0.3) is 0 Å². The van der Waals surface area contributed by atoms with Gasteiger partial charge in [0.05, 0.1) is 0 Å². The highest BCUT2D eigenvalue weighted by Crippen LogP contribution is 2.34. The van der Waals surface area contributed by atoms with Gasteiger partial charge in [-0.25, -0.2) is 0 Å². The zero-order valence-electron chi connectivity index (χ0n) is 13.2. The van der Waals surface area contributed by atoms with Crippen LogP contribution in [0, 0.1) is 11.3 Å². The molecule has 0 amide bonds. The number of nitrogens with zero attached hydrogens (tertiary/aromatic N) is 1. The average molecular weight is 282 g/mol. The van der Waals surface area contributed by atoms with E-state index in [1.54, 1.807) is 0 Å². The Balaban J connectivity index is 1.84. The Hall–Kier alpha value is -0.610. The second-order valence-corrected chi connectivity index (χ2v) is 7.63. The van der Waals surface area contributed by atoms with Crippen LogP contribution < -0.4 is 5.32 Å². The molecule has 1 heterocycles. The zero-order chi connectivity index (χ0) is 14.8. The Morgan fingerprint density at radius 1 is 1.25 bits per heavy atom. The van der Waals surface area contributed by atoms with E-state index in [2.05, 4.69) is 31.0 Å². The number of hydrogen-bond acceptors (Lipinski definition) is 3. The fraction of sp³-hybridized carbons (Fsp3) is 0.938. The highest BCUT2D eigenvalue weighted by molar-refractivity contribution is 5.73. The van der Waals surface area contributed by atoms with Gasteiger partial charge in [-0.3, -0.25) is 4.79 Å². The maximum Gasteiger partial charge on any atom is 0.322 e. The first kappa shape index (κ1) is 15.8. The minimum atomic E-state index is -0.700. The second kappa shape index (κ2) is 6.44. The number of rotatable bonds is 5. The van der Waals surface area contributed by atoms with Crippen LogP contribution >= 0.6 is 0 Å². The molecule has 2 rings (SSSR count). The van der Waals surface area contributed by atoms with Crippen LogP contribution in [-0.2, 0) is 4.79 Å². The molecule has 1 aliphatic carbocycles. The molecule has 0 aromatic carbocycles. The van der Waals surface area contributed by atoms with Gasteiger partial charge in [-0.2, -0.15) is 0 Å². The maximum absolute atomic E-state index is 11.4. The third-order valence-electron chi connectivity index (χ3n) is 4.80. The summed E-state index contributed by atoms with van der Waals surface area (Å²) in [6.07, 6.45) is 5.93. The molecule has 116 valence electrons. The summed E-state index contributed by atoms with van der Waals surface area (Å²) < 4.78 is 0. The van der Waals surface area contributed by atoms with E-state index in [-0.39, 0.29) is 0 Å². The molecule has 1 saturated heterocycles. The zero-order valence-corrected chi connectivity index (χ0v) is 13.2. The Labute approximate surface area is 122 Å². The van der Waals surface area contributed by atoms with Crippen LogP contribution in [-0.4, -0.2) is 47.7 Å². The fourth-order valence-electron chi connectivity index (χ4n) is 3.20. The number of nitrogens with one attached hydrogen (secondary N) is 1. The van der Waals surface area contributed by atoms with Gasteiger partial charge >= 0.3 is 5.97 Å². The first-order valence-corrected chi connectivity index (χ1v) is 8.07. The van der Waals surface area contributed by atoms with Crippen molar-refractivity contribution in [3.8, 4) is 0 Å². The molecule has 0 spiro atoms. The molecule has 4 nitrogen and oxygen atoms in total. The number of carboxylic acids is 1. The van der Waals surface area contributed by atoms with E-state index in [0.29, 0.717) is 18.0 Å². The molecule has 4 heteroatoms. The van der Waals surface area contributed by atoms with Gasteiger partial charge in [0, 0.05) is 12.6 Å². The summed E-state index contributed by atoms with van der Waals surface area (Å²) in [5.41, 5.74) is 0.370. The van der Waals surface area contributed by atoms with Gasteiger partial charge in [0.25, 0.3) is 0 Å². The van der Waals surface area contributed by atoms with E-state index in [1.165, 1.54) is 19.3 Å². The summed E-state index contributed by atoms with van der Waals surface area (Å²) in [5, 5.41) is 12.6. The Kier molecular flexibility index (Phi) is 5.08. The fourth-order valence-corrected chi connectivity index (χ4v) is 3.20. The lowest BCUT2D eigenvalue weighted by atomic mass is 9.77. The van der Waals surface area contributed by atoms with Crippen molar-refractivity contribution in [1.82, 2.24) is 10.2 Å². The van der Waals surface area contributed by atoms with Crippen LogP contribution in [0.1, 0.15) is 52.9 Å². The van der Waals surface area contributed by atoms with Crippen molar-refractivity contribution in [2.75, 3.05) is 19.6 Å². The van der Waals surface area contributed by atoms with Crippen LogP contribution in [0.15, 0.2) is 0 Å². The summed E-state index contributed by atoms with van der Waals surface area (Å²) >= 11 is 0. The average Bonchev–Trinajstić information content (AvgIpc) is 3.13. The molecule has 2 aliphatic rings. The quantitative estimate of drug-likeness (QED) is 0.812. The molecular weight excluding hydrogens is 252 g/mol. The molecule has 0 bridgehead atoms. The first-order valence-electron chi connectivity index (χ1n) is 8.07. The third-order valence-corrected chi connectivity index (χ3v) is 4.80. The molecule has 0 radical (unpaired) electrons. The van der Waals surface area contributed by atoms with E-state index in [0.717, 1.165) is 31.8 Å². The van der Waals surface area contributed by atoms with Gasteiger partial charge in [-0.15, -0.1) is 0 Å². The predicted molar refractivity (Wildman–Crippen MR) is 80.8 cm³/mol. The van der Waals surface area contributed by atoms with Crippen molar-refractivity contribution in [2.24, 2.45) is 11.3 Å². The largest absolute Gasteiger partial charge is 0.480 e. The molecule has 1 saturated carbocycles. The molecule has 2 fully saturated rings. The minimum absolute atomic E-state index is 0.370. The normalized spacial score (nSPS) is 27.1. The lowest BCUT2D eigenvalue weighted by Gasteiger charge is -2.30. The van der Waals surface area contributed by atoms with E-state index < -0.39 is 12.0 Å². The number of carboxylic acid groups (broad SMARTS) is 1. The molecule has 0 aromatic heterocycles. The van der Waals surface area contributed by atoms with Gasteiger partial charge in [0.2, 0.25) is 0 Å². The minimum Gasteiger partial charge on any atom is -0.480 e. The molecule has 20 heavy (non-hydrogen) atoms.